The van der Waals surface area contributed by atoms with Crippen LogP contribution >= 0.6 is 0 Å². The van der Waals surface area contributed by atoms with Gasteiger partial charge in [-0.15, -0.1) is 0 Å². The van der Waals surface area contributed by atoms with Crippen molar-refractivity contribution in [2.45, 2.75) is 12.3 Å². The zero-order chi connectivity index (χ0) is 14.8. The standard InChI is InChI=1S/C15H12F4O/c16-9-14(20)13-4-2-1-3-12(13)10-5-7-11(8-6-10)15(17,18)19/h1-8,14,20H,9H2. The van der Waals surface area contributed by atoms with E-state index in [1.54, 1.807) is 24.3 Å². The molecule has 0 saturated carbocycles. The van der Waals surface area contributed by atoms with Crippen LogP contribution in [0.2, 0.25) is 0 Å². The van der Waals surface area contributed by atoms with E-state index in [1.165, 1.54) is 12.1 Å². The lowest BCUT2D eigenvalue weighted by molar-refractivity contribution is -0.137. The highest BCUT2D eigenvalue weighted by atomic mass is 19.4. The summed E-state index contributed by atoms with van der Waals surface area (Å²) < 4.78 is 50.1. The summed E-state index contributed by atoms with van der Waals surface area (Å²) in [6.45, 7) is -0.947. The van der Waals surface area contributed by atoms with Gasteiger partial charge in [-0.2, -0.15) is 13.2 Å². The van der Waals surface area contributed by atoms with Crippen molar-refractivity contribution in [1.82, 2.24) is 0 Å². The first-order chi connectivity index (χ1) is 9.43. The van der Waals surface area contributed by atoms with Gasteiger partial charge in [0.05, 0.1) is 5.56 Å². The van der Waals surface area contributed by atoms with Gasteiger partial charge >= 0.3 is 6.18 Å². The number of aliphatic hydroxyl groups is 1. The maximum Gasteiger partial charge on any atom is 0.416 e. The second-order valence-corrected chi connectivity index (χ2v) is 4.33. The Balaban J connectivity index is 2.42. The van der Waals surface area contributed by atoms with E-state index in [4.69, 9.17) is 0 Å². The van der Waals surface area contributed by atoms with Crippen LogP contribution in [-0.4, -0.2) is 11.8 Å². The van der Waals surface area contributed by atoms with Gasteiger partial charge in [-0.05, 0) is 28.8 Å². The number of hydrogen-bond donors (Lipinski definition) is 1. The minimum Gasteiger partial charge on any atom is -0.386 e. The van der Waals surface area contributed by atoms with E-state index >= 15 is 0 Å². The number of aliphatic hydroxyl groups excluding tert-OH is 1. The van der Waals surface area contributed by atoms with E-state index in [9.17, 15) is 22.7 Å². The Morgan fingerprint density at radius 2 is 1.55 bits per heavy atom. The van der Waals surface area contributed by atoms with Crippen LogP contribution in [0, 0.1) is 0 Å². The van der Waals surface area contributed by atoms with Crippen LogP contribution in [-0.2, 0) is 6.18 Å². The molecule has 1 N–H and O–H groups in total. The second kappa shape index (κ2) is 5.63. The van der Waals surface area contributed by atoms with Gasteiger partial charge in [-0.25, -0.2) is 4.39 Å². The number of benzene rings is 2. The molecule has 1 unspecified atom stereocenters. The van der Waals surface area contributed by atoms with E-state index in [0.717, 1.165) is 12.1 Å². The van der Waals surface area contributed by atoms with E-state index in [0.29, 0.717) is 16.7 Å². The first kappa shape index (κ1) is 14.5. The van der Waals surface area contributed by atoms with Crippen molar-refractivity contribution in [2.75, 3.05) is 6.67 Å². The maximum absolute atomic E-state index is 12.6. The van der Waals surface area contributed by atoms with E-state index in [1.807, 2.05) is 0 Å². The molecule has 0 aliphatic heterocycles. The smallest absolute Gasteiger partial charge is 0.386 e. The molecule has 2 aromatic rings. The Morgan fingerprint density at radius 3 is 2.10 bits per heavy atom. The quantitative estimate of drug-likeness (QED) is 0.829. The largest absolute Gasteiger partial charge is 0.416 e. The third-order valence-electron chi connectivity index (χ3n) is 2.99. The van der Waals surface area contributed by atoms with Crippen LogP contribution < -0.4 is 0 Å². The summed E-state index contributed by atoms with van der Waals surface area (Å²) in [5.41, 5.74) is 0.631. The van der Waals surface area contributed by atoms with Crippen LogP contribution in [0.1, 0.15) is 17.2 Å². The molecule has 0 heterocycles. The average Bonchev–Trinajstić information content (AvgIpc) is 2.45. The van der Waals surface area contributed by atoms with Crippen molar-refractivity contribution in [3.8, 4) is 11.1 Å². The van der Waals surface area contributed by atoms with Crippen LogP contribution in [0.15, 0.2) is 48.5 Å². The SMILES string of the molecule is OC(CF)c1ccccc1-c1ccc(C(F)(F)F)cc1. The molecule has 0 amide bonds. The maximum atomic E-state index is 12.6. The summed E-state index contributed by atoms with van der Waals surface area (Å²) in [5, 5.41) is 9.60. The van der Waals surface area contributed by atoms with Crippen molar-refractivity contribution in [1.29, 1.82) is 0 Å². The predicted octanol–water partition coefficient (Wildman–Crippen LogP) is 4.38. The highest BCUT2D eigenvalue weighted by Crippen LogP contribution is 2.33. The zero-order valence-electron chi connectivity index (χ0n) is 10.4. The summed E-state index contributed by atoms with van der Waals surface area (Å²) >= 11 is 0. The first-order valence-corrected chi connectivity index (χ1v) is 5.94. The van der Waals surface area contributed by atoms with Gasteiger partial charge in [-0.1, -0.05) is 36.4 Å². The van der Waals surface area contributed by atoms with Crippen molar-refractivity contribution in [3.05, 3.63) is 59.7 Å². The fourth-order valence-electron chi connectivity index (χ4n) is 1.97. The molecule has 0 fully saturated rings. The molecule has 0 bridgehead atoms. The van der Waals surface area contributed by atoms with Crippen molar-refractivity contribution >= 4 is 0 Å². The fraction of sp³-hybridized carbons (Fsp3) is 0.200. The molecule has 0 aromatic heterocycles. The number of hydrogen-bond acceptors (Lipinski definition) is 1. The van der Waals surface area contributed by atoms with Gasteiger partial charge in [0.1, 0.15) is 12.8 Å². The lowest BCUT2D eigenvalue weighted by Crippen LogP contribution is -2.04. The third kappa shape index (κ3) is 2.99. The zero-order valence-corrected chi connectivity index (χ0v) is 10.4. The number of halogens is 4. The molecular weight excluding hydrogens is 272 g/mol. The highest BCUT2D eigenvalue weighted by molar-refractivity contribution is 5.68. The van der Waals surface area contributed by atoms with Crippen molar-refractivity contribution in [3.63, 3.8) is 0 Å². The topological polar surface area (TPSA) is 20.2 Å². The van der Waals surface area contributed by atoms with E-state index in [2.05, 4.69) is 0 Å². The minimum atomic E-state index is -4.39. The van der Waals surface area contributed by atoms with Gasteiger partial charge in [0.25, 0.3) is 0 Å². The minimum absolute atomic E-state index is 0.356. The molecule has 20 heavy (non-hydrogen) atoms. The molecule has 0 spiro atoms. The Morgan fingerprint density at radius 1 is 0.950 bits per heavy atom. The second-order valence-electron chi connectivity index (χ2n) is 4.33. The Labute approximate surface area is 113 Å². The molecule has 2 aromatic carbocycles. The molecule has 1 atom stereocenters. The molecular formula is C15H12F4O. The van der Waals surface area contributed by atoms with Gasteiger partial charge < -0.3 is 5.11 Å². The Kier molecular flexibility index (Phi) is 4.09. The molecule has 0 aliphatic rings. The molecule has 0 aliphatic carbocycles. The Bertz CT molecular complexity index is 575. The highest BCUT2D eigenvalue weighted by Gasteiger charge is 2.30. The summed E-state index contributed by atoms with van der Waals surface area (Å²) in [5.74, 6) is 0. The molecule has 5 heteroatoms. The van der Waals surface area contributed by atoms with E-state index < -0.39 is 24.5 Å². The average molecular weight is 284 g/mol. The third-order valence-corrected chi connectivity index (χ3v) is 2.99. The van der Waals surface area contributed by atoms with Gasteiger partial charge in [0.2, 0.25) is 0 Å². The summed E-state index contributed by atoms with van der Waals surface area (Å²) in [6.07, 6.45) is -5.68. The fourth-order valence-corrected chi connectivity index (χ4v) is 1.97. The molecule has 1 nitrogen and oxygen atoms in total. The van der Waals surface area contributed by atoms with Crippen LogP contribution in [0.3, 0.4) is 0 Å². The molecule has 2 rings (SSSR count). The van der Waals surface area contributed by atoms with Gasteiger partial charge in [-0.3, -0.25) is 0 Å². The Hall–Kier alpha value is -1.88. The van der Waals surface area contributed by atoms with Crippen molar-refractivity contribution < 1.29 is 22.7 Å². The van der Waals surface area contributed by atoms with Gasteiger partial charge in [0.15, 0.2) is 0 Å². The normalized spacial score (nSPS) is 13.2. The monoisotopic (exact) mass is 284 g/mol. The van der Waals surface area contributed by atoms with Crippen LogP contribution in [0.4, 0.5) is 17.6 Å². The summed E-state index contributed by atoms with van der Waals surface area (Å²) in [4.78, 5) is 0. The molecule has 106 valence electrons. The number of rotatable bonds is 3. The molecule has 0 saturated heterocycles. The summed E-state index contributed by atoms with van der Waals surface area (Å²) in [7, 11) is 0. The van der Waals surface area contributed by atoms with Gasteiger partial charge in [0, 0.05) is 0 Å². The predicted molar refractivity (Wildman–Crippen MR) is 67.8 cm³/mol. The van der Waals surface area contributed by atoms with Crippen molar-refractivity contribution in [2.24, 2.45) is 0 Å². The van der Waals surface area contributed by atoms with E-state index in [-0.39, 0.29) is 0 Å². The number of alkyl halides is 4. The molecule has 0 radical (unpaired) electrons. The van der Waals surface area contributed by atoms with Crippen LogP contribution in [0.5, 0.6) is 0 Å². The first-order valence-electron chi connectivity index (χ1n) is 5.94. The van der Waals surface area contributed by atoms with Crippen LogP contribution in [0.25, 0.3) is 11.1 Å². The lowest BCUT2D eigenvalue weighted by atomic mass is 9.96. The lowest BCUT2D eigenvalue weighted by Gasteiger charge is -2.14. The summed E-state index contributed by atoms with van der Waals surface area (Å²) in [6, 6.07) is 11.1.